The summed E-state index contributed by atoms with van der Waals surface area (Å²) in [6.45, 7) is 3.23. The number of nitrogens with one attached hydrogen (secondary N) is 1. The lowest BCUT2D eigenvalue weighted by Crippen LogP contribution is -2.38. The van der Waals surface area contributed by atoms with Gasteiger partial charge in [-0.2, -0.15) is 5.10 Å². The average molecular weight is 262 g/mol. The minimum atomic E-state index is 0.826. The van der Waals surface area contributed by atoms with Crippen LogP contribution in [0.25, 0.3) is 0 Å². The molecule has 2 fully saturated rings. The summed E-state index contributed by atoms with van der Waals surface area (Å²) < 4.78 is 1.87. The molecule has 19 heavy (non-hydrogen) atoms. The van der Waals surface area contributed by atoms with E-state index in [4.69, 9.17) is 0 Å². The Balaban J connectivity index is 1.36. The summed E-state index contributed by atoms with van der Waals surface area (Å²) in [5.74, 6) is 1.99. The average Bonchev–Trinajstić information content (AvgIpc) is 3.26. The van der Waals surface area contributed by atoms with Crippen molar-refractivity contribution in [1.82, 2.24) is 20.0 Å². The Bertz CT molecular complexity index is 394. The zero-order valence-corrected chi connectivity index (χ0v) is 12.2. The second kappa shape index (κ2) is 5.63. The highest BCUT2D eigenvalue weighted by Gasteiger charge is 2.40. The van der Waals surface area contributed by atoms with E-state index < -0.39 is 0 Å². The number of rotatable bonds is 8. The van der Waals surface area contributed by atoms with Gasteiger partial charge in [0.2, 0.25) is 0 Å². The fourth-order valence-corrected chi connectivity index (χ4v) is 3.00. The molecule has 0 radical (unpaired) electrons. The van der Waals surface area contributed by atoms with Crippen molar-refractivity contribution in [1.29, 1.82) is 0 Å². The molecule has 0 unspecified atom stereocenters. The molecule has 4 nitrogen and oxygen atoms in total. The van der Waals surface area contributed by atoms with Crippen molar-refractivity contribution < 1.29 is 0 Å². The van der Waals surface area contributed by atoms with E-state index in [1.54, 1.807) is 0 Å². The van der Waals surface area contributed by atoms with Crippen molar-refractivity contribution in [3.63, 3.8) is 0 Å². The van der Waals surface area contributed by atoms with Gasteiger partial charge >= 0.3 is 0 Å². The van der Waals surface area contributed by atoms with E-state index >= 15 is 0 Å². The predicted molar refractivity (Wildman–Crippen MR) is 76.8 cm³/mol. The van der Waals surface area contributed by atoms with Gasteiger partial charge in [0.1, 0.15) is 0 Å². The highest BCUT2D eigenvalue weighted by molar-refractivity contribution is 5.03. The number of hydrogen-bond acceptors (Lipinski definition) is 3. The number of aryl methyl sites for hydroxylation is 1. The Hall–Kier alpha value is -0.870. The van der Waals surface area contributed by atoms with E-state index in [9.17, 15) is 0 Å². The quantitative estimate of drug-likeness (QED) is 0.773. The molecule has 4 heteroatoms. The molecule has 1 aromatic rings. The smallest absolute Gasteiger partial charge is 0.0534 e. The summed E-state index contributed by atoms with van der Waals surface area (Å²) in [6, 6.07) is 0.826. The van der Waals surface area contributed by atoms with E-state index in [0.29, 0.717) is 0 Å². The fourth-order valence-electron chi connectivity index (χ4n) is 3.00. The number of aromatic nitrogens is 2. The third-order valence-electron chi connectivity index (χ3n) is 4.34. The molecule has 1 N–H and O–H groups in total. The van der Waals surface area contributed by atoms with Crippen LogP contribution < -0.4 is 5.32 Å². The summed E-state index contributed by atoms with van der Waals surface area (Å²) in [5.41, 5.74) is 1.30. The second-order valence-electron chi connectivity index (χ2n) is 6.41. The number of likely N-dealkylation sites (N-methyl/N-ethyl adjacent to an activating group) is 1. The molecule has 0 bridgehead atoms. The van der Waals surface area contributed by atoms with Crippen LogP contribution >= 0.6 is 0 Å². The highest BCUT2D eigenvalue weighted by atomic mass is 15.2. The van der Waals surface area contributed by atoms with Gasteiger partial charge in [0.15, 0.2) is 0 Å². The van der Waals surface area contributed by atoms with Crippen LogP contribution in [0.5, 0.6) is 0 Å². The summed E-state index contributed by atoms with van der Waals surface area (Å²) >= 11 is 0. The Morgan fingerprint density at radius 3 is 2.58 bits per heavy atom. The topological polar surface area (TPSA) is 33.1 Å². The molecule has 2 saturated carbocycles. The minimum Gasteiger partial charge on any atom is -0.312 e. The minimum absolute atomic E-state index is 0.826. The zero-order chi connectivity index (χ0) is 13.2. The highest BCUT2D eigenvalue weighted by Crippen LogP contribution is 2.44. The molecule has 1 heterocycles. The van der Waals surface area contributed by atoms with Gasteiger partial charge < -0.3 is 10.2 Å². The molecule has 3 rings (SSSR count). The van der Waals surface area contributed by atoms with Crippen LogP contribution in [-0.2, 0) is 13.6 Å². The van der Waals surface area contributed by atoms with Gasteiger partial charge in [0.25, 0.3) is 0 Å². The first kappa shape index (κ1) is 13.1. The standard InChI is InChI=1S/C15H26N4/c1-18(10-12-9-17-19(2)11-12)8-7-16-15(13-3-4-13)14-5-6-14/h9,11,13-16H,3-8,10H2,1-2H3. The first-order valence-corrected chi connectivity index (χ1v) is 7.62. The predicted octanol–water partition coefficient (Wildman–Crippen LogP) is 1.63. The molecule has 2 aliphatic carbocycles. The van der Waals surface area contributed by atoms with Crippen LogP contribution in [0.3, 0.4) is 0 Å². The lowest BCUT2D eigenvalue weighted by molar-refractivity contribution is 0.305. The second-order valence-corrected chi connectivity index (χ2v) is 6.41. The molecule has 0 spiro atoms. The number of hydrogen-bond donors (Lipinski definition) is 1. The van der Waals surface area contributed by atoms with E-state index in [1.807, 2.05) is 17.9 Å². The lowest BCUT2D eigenvalue weighted by Gasteiger charge is -2.21. The van der Waals surface area contributed by atoms with Crippen molar-refractivity contribution in [2.45, 2.75) is 38.3 Å². The molecule has 0 aliphatic heterocycles. The van der Waals surface area contributed by atoms with Gasteiger partial charge in [0, 0.05) is 44.5 Å². The first-order chi connectivity index (χ1) is 9.22. The Kier molecular flexibility index (Phi) is 3.89. The van der Waals surface area contributed by atoms with Crippen LogP contribution in [0.15, 0.2) is 12.4 Å². The van der Waals surface area contributed by atoms with Gasteiger partial charge in [-0.25, -0.2) is 0 Å². The lowest BCUT2D eigenvalue weighted by atomic mass is 10.1. The van der Waals surface area contributed by atoms with Crippen molar-refractivity contribution >= 4 is 0 Å². The van der Waals surface area contributed by atoms with Crippen LogP contribution in [0.4, 0.5) is 0 Å². The van der Waals surface area contributed by atoms with Crippen LogP contribution in [0.1, 0.15) is 31.2 Å². The van der Waals surface area contributed by atoms with Crippen LogP contribution in [-0.4, -0.2) is 40.9 Å². The van der Waals surface area contributed by atoms with E-state index in [-0.39, 0.29) is 0 Å². The molecular weight excluding hydrogens is 236 g/mol. The van der Waals surface area contributed by atoms with Crippen molar-refractivity contribution in [2.75, 3.05) is 20.1 Å². The molecule has 0 atom stereocenters. The Labute approximate surface area is 116 Å². The Morgan fingerprint density at radius 2 is 2.05 bits per heavy atom. The van der Waals surface area contributed by atoms with Gasteiger partial charge in [-0.1, -0.05) is 0 Å². The molecule has 1 aromatic heterocycles. The van der Waals surface area contributed by atoms with Crippen LogP contribution in [0.2, 0.25) is 0 Å². The van der Waals surface area contributed by atoms with Crippen molar-refractivity contribution in [2.24, 2.45) is 18.9 Å². The normalized spacial score (nSPS) is 19.6. The third-order valence-corrected chi connectivity index (χ3v) is 4.34. The maximum atomic E-state index is 4.22. The maximum Gasteiger partial charge on any atom is 0.0534 e. The van der Waals surface area contributed by atoms with Gasteiger partial charge in [-0.15, -0.1) is 0 Å². The third kappa shape index (κ3) is 3.80. The molecule has 0 amide bonds. The van der Waals surface area contributed by atoms with Gasteiger partial charge in [0.05, 0.1) is 6.20 Å². The summed E-state index contributed by atoms with van der Waals surface area (Å²) in [7, 11) is 4.17. The largest absolute Gasteiger partial charge is 0.312 e. The summed E-state index contributed by atoms with van der Waals surface area (Å²) in [4.78, 5) is 2.38. The number of nitrogens with zero attached hydrogens (tertiary/aromatic N) is 3. The monoisotopic (exact) mass is 262 g/mol. The van der Waals surface area contributed by atoms with Crippen molar-refractivity contribution in [3.05, 3.63) is 18.0 Å². The van der Waals surface area contributed by atoms with Crippen LogP contribution in [0, 0.1) is 11.8 Å². The zero-order valence-electron chi connectivity index (χ0n) is 12.2. The molecule has 0 aromatic carbocycles. The summed E-state index contributed by atoms with van der Waals surface area (Å²) in [5, 5.41) is 8.02. The molecular formula is C15H26N4. The van der Waals surface area contributed by atoms with Gasteiger partial charge in [-0.05, 0) is 44.6 Å². The molecule has 2 aliphatic rings. The molecule has 0 saturated heterocycles. The first-order valence-electron chi connectivity index (χ1n) is 7.62. The summed E-state index contributed by atoms with van der Waals surface area (Å²) in [6.07, 6.45) is 9.89. The fraction of sp³-hybridized carbons (Fsp3) is 0.800. The van der Waals surface area contributed by atoms with E-state index in [2.05, 4.69) is 28.6 Å². The van der Waals surface area contributed by atoms with Crippen molar-refractivity contribution in [3.8, 4) is 0 Å². The van der Waals surface area contributed by atoms with E-state index in [0.717, 1.165) is 37.5 Å². The van der Waals surface area contributed by atoms with E-state index in [1.165, 1.54) is 31.2 Å². The SMILES string of the molecule is CN(CCNC(C1CC1)C1CC1)Cc1cnn(C)c1. The Morgan fingerprint density at radius 1 is 1.37 bits per heavy atom. The molecule has 106 valence electrons. The van der Waals surface area contributed by atoms with Gasteiger partial charge in [-0.3, -0.25) is 4.68 Å². The maximum absolute atomic E-state index is 4.22.